The molecule has 0 aliphatic heterocycles. The first-order valence-electron chi connectivity index (χ1n) is 4.55. The van der Waals surface area contributed by atoms with Gasteiger partial charge in [-0.3, -0.25) is 0 Å². The number of hydrogen-bond donors (Lipinski definition) is 0. The number of rotatable bonds is 1. The van der Waals surface area contributed by atoms with Gasteiger partial charge in [0.1, 0.15) is 11.6 Å². The lowest BCUT2D eigenvalue weighted by atomic mass is 10.3. The smallest absolute Gasteiger partial charge is 0.150 e. The van der Waals surface area contributed by atoms with Crippen molar-refractivity contribution in [3.05, 3.63) is 45.1 Å². The van der Waals surface area contributed by atoms with Gasteiger partial charge in [0.25, 0.3) is 0 Å². The number of nitrogens with zero attached hydrogens (tertiary/aromatic N) is 3. The van der Waals surface area contributed by atoms with Crippen LogP contribution in [0.4, 0.5) is 0 Å². The van der Waals surface area contributed by atoms with Gasteiger partial charge in [-0.25, -0.2) is 4.68 Å². The Balaban J connectivity index is 2.68. The zero-order valence-electron chi connectivity index (χ0n) is 8.41. The van der Waals surface area contributed by atoms with E-state index in [1.807, 2.05) is 30.3 Å². The molecule has 0 atom stereocenters. The van der Waals surface area contributed by atoms with Crippen molar-refractivity contribution in [3.8, 4) is 11.8 Å². The Morgan fingerprint density at radius 1 is 1.44 bits per heavy atom. The molecule has 16 heavy (non-hydrogen) atoms. The van der Waals surface area contributed by atoms with Crippen LogP contribution in [0.25, 0.3) is 5.69 Å². The summed E-state index contributed by atoms with van der Waals surface area (Å²) < 4.78 is 2.43. The van der Waals surface area contributed by atoms with E-state index in [1.54, 1.807) is 11.6 Å². The monoisotopic (exact) mass is 295 g/mol. The molecule has 2 aromatic rings. The molecular formula is C11H7BrClN3. The van der Waals surface area contributed by atoms with Crippen molar-refractivity contribution in [1.82, 2.24) is 9.78 Å². The highest BCUT2D eigenvalue weighted by Crippen LogP contribution is 2.26. The van der Waals surface area contributed by atoms with Crippen molar-refractivity contribution < 1.29 is 0 Å². The van der Waals surface area contributed by atoms with E-state index < -0.39 is 0 Å². The minimum atomic E-state index is 0.340. The van der Waals surface area contributed by atoms with Crippen LogP contribution in [0.15, 0.2) is 28.7 Å². The van der Waals surface area contributed by atoms with Crippen LogP contribution < -0.4 is 0 Å². The van der Waals surface area contributed by atoms with Gasteiger partial charge in [0, 0.05) is 4.47 Å². The molecule has 0 unspecified atom stereocenters. The zero-order valence-corrected chi connectivity index (χ0v) is 10.7. The highest BCUT2D eigenvalue weighted by molar-refractivity contribution is 9.10. The van der Waals surface area contributed by atoms with E-state index >= 15 is 0 Å². The predicted molar refractivity (Wildman–Crippen MR) is 65.7 cm³/mol. The van der Waals surface area contributed by atoms with Crippen LogP contribution in [0.5, 0.6) is 0 Å². The molecule has 0 saturated heterocycles. The maximum Gasteiger partial charge on any atom is 0.150 e. The van der Waals surface area contributed by atoms with E-state index in [2.05, 4.69) is 21.0 Å². The summed E-state index contributed by atoms with van der Waals surface area (Å²) in [5.74, 6) is 0. The standard InChI is InChI=1S/C11H7BrClN3/c1-7-8(6-14)11(13)16(15-7)10-5-3-2-4-9(10)12/h2-5H,1H3. The molecular weight excluding hydrogens is 289 g/mol. The fraction of sp³-hybridized carbons (Fsp3) is 0.0909. The lowest BCUT2D eigenvalue weighted by Crippen LogP contribution is -1.97. The van der Waals surface area contributed by atoms with Crippen LogP contribution >= 0.6 is 27.5 Å². The first-order chi connectivity index (χ1) is 7.65. The second-order valence-electron chi connectivity index (χ2n) is 3.23. The number of benzene rings is 1. The average molecular weight is 297 g/mol. The summed E-state index contributed by atoms with van der Waals surface area (Å²) in [5, 5.41) is 13.5. The Hall–Kier alpha value is -1.31. The van der Waals surface area contributed by atoms with Gasteiger partial charge in [-0.1, -0.05) is 23.7 Å². The SMILES string of the molecule is Cc1nn(-c2ccccc2Br)c(Cl)c1C#N. The predicted octanol–water partition coefficient (Wildman–Crippen LogP) is 3.47. The summed E-state index contributed by atoms with van der Waals surface area (Å²) in [6.45, 7) is 1.76. The van der Waals surface area contributed by atoms with Gasteiger partial charge in [-0.15, -0.1) is 0 Å². The molecule has 3 nitrogen and oxygen atoms in total. The number of halogens is 2. The Morgan fingerprint density at radius 2 is 2.12 bits per heavy atom. The van der Waals surface area contributed by atoms with Crippen LogP contribution in [-0.4, -0.2) is 9.78 Å². The van der Waals surface area contributed by atoms with E-state index in [4.69, 9.17) is 16.9 Å². The molecule has 0 bridgehead atoms. The maximum atomic E-state index is 8.93. The molecule has 0 amide bonds. The molecule has 0 N–H and O–H groups in total. The number of aromatic nitrogens is 2. The van der Waals surface area contributed by atoms with E-state index in [-0.39, 0.29) is 0 Å². The van der Waals surface area contributed by atoms with Gasteiger partial charge in [-0.2, -0.15) is 10.4 Å². The van der Waals surface area contributed by atoms with Gasteiger partial charge in [0.05, 0.1) is 11.4 Å². The van der Waals surface area contributed by atoms with Crippen molar-refractivity contribution in [2.45, 2.75) is 6.92 Å². The van der Waals surface area contributed by atoms with Crippen LogP contribution in [0.3, 0.4) is 0 Å². The first kappa shape index (κ1) is 11.2. The third-order valence-electron chi connectivity index (χ3n) is 2.20. The highest BCUT2D eigenvalue weighted by atomic mass is 79.9. The molecule has 0 aliphatic rings. The summed E-state index contributed by atoms with van der Waals surface area (Å²) in [5.41, 5.74) is 1.86. The Kier molecular flexibility index (Phi) is 2.99. The van der Waals surface area contributed by atoms with Crippen molar-refractivity contribution in [2.75, 3.05) is 0 Å². The summed E-state index contributed by atoms with van der Waals surface area (Å²) in [7, 11) is 0. The molecule has 0 saturated carbocycles. The van der Waals surface area contributed by atoms with Gasteiger partial charge < -0.3 is 0 Å². The number of nitriles is 1. The van der Waals surface area contributed by atoms with Crippen LogP contribution in [0.2, 0.25) is 5.15 Å². The van der Waals surface area contributed by atoms with E-state index in [0.717, 1.165) is 10.2 Å². The van der Waals surface area contributed by atoms with Crippen LogP contribution in [0.1, 0.15) is 11.3 Å². The maximum absolute atomic E-state index is 8.93. The average Bonchev–Trinajstić information content (AvgIpc) is 2.55. The van der Waals surface area contributed by atoms with E-state index in [0.29, 0.717) is 16.4 Å². The zero-order chi connectivity index (χ0) is 11.7. The Labute approximate surface area is 106 Å². The second-order valence-corrected chi connectivity index (χ2v) is 4.44. The number of hydrogen-bond acceptors (Lipinski definition) is 2. The topological polar surface area (TPSA) is 41.6 Å². The van der Waals surface area contributed by atoms with Crippen molar-refractivity contribution in [2.24, 2.45) is 0 Å². The summed E-state index contributed by atoms with van der Waals surface area (Å²) in [6, 6.07) is 9.61. The van der Waals surface area contributed by atoms with Crippen molar-refractivity contribution >= 4 is 27.5 Å². The fourth-order valence-corrected chi connectivity index (χ4v) is 2.17. The Bertz CT molecular complexity index is 583. The van der Waals surface area contributed by atoms with Crippen LogP contribution in [-0.2, 0) is 0 Å². The number of para-hydroxylation sites is 1. The van der Waals surface area contributed by atoms with Gasteiger partial charge >= 0.3 is 0 Å². The minimum Gasteiger partial charge on any atom is -0.219 e. The molecule has 5 heteroatoms. The highest BCUT2D eigenvalue weighted by Gasteiger charge is 2.15. The van der Waals surface area contributed by atoms with Crippen molar-refractivity contribution in [3.63, 3.8) is 0 Å². The minimum absolute atomic E-state index is 0.340. The lowest BCUT2D eigenvalue weighted by Gasteiger charge is -2.04. The summed E-state index contributed by atoms with van der Waals surface area (Å²) >= 11 is 9.51. The van der Waals surface area contributed by atoms with E-state index in [9.17, 15) is 0 Å². The molecule has 0 fully saturated rings. The fourth-order valence-electron chi connectivity index (χ4n) is 1.41. The molecule has 0 aliphatic carbocycles. The van der Waals surface area contributed by atoms with Crippen molar-refractivity contribution in [1.29, 1.82) is 5.26 Å². The molecule has 0 spiro atoms. The third-order valence-corrected chi connectivity index (χ3v) is 3.22. The molecule has 80 valence electrons. The quantitative estimate of drug-likeness (QED) is 0.808. The van der Waals surface area contributed by atoms with Crippen LogP contribution in [0, 0.1) is 18.3 Å². The molecule has 1 aromatic heterocycles. The summed E-state index contributed by atoms with van der Waals surface area (Å²) in [4.78, 5) is 0. The normalized spacial score (nSPS) is 10.1. The lowest BCUT2D eigenvalue weighted by molar-refractivity contribution is 0.859. The summed E-state index contributed by atoms with van der Waals surface area (Å²) in [6.07, 6.45) is 0. The molecule has 1 aromatic carbocycles. The van der Waals surface area contributed by atoms with Gasteiger partial charge in [0.15, 0.2) is 5.15 Å². The molecule has 0 radical (unpaired) electrons. The van der Waals surface area contributed by atoms with Gasteiger partial charge in [-0.05, 0) is 35.0 Å². The largest absolute Gasteiger partial charge is 0.219 e. The second kappa shape index (κ2) is 4.28. The third kappa shape index (κ3) is 1.73. The first-order valence-corrected chi connectivity index (χ1v) is 5.72. The molecule has 2 rings (SSSR count). The van der Waals surface area contributed by atoms with Gasteiger partial charge in [0.2, 0.25) is 0 Å². The van der Waals surface area contributed by atoms with E-state index in [1.165, 1.54) is 0 Å². The Morgan fingerprint density at radius 3 is 2.69 bits per heavy atom. The molecule has 1 heterocycles. The number of aryl methyl sites for hydroxylation is 1.